The van der Waals surface area contributed by atoms with Crippen LogP contribution in [0.15, 0.2) is 0 Å². The van der Waals surface area contributed by atoms with E-state index in [4.69, 9.17) is 0 Å². The van der Waals surface area contributed by atoms with Crippen molar-refractivity contribution in [3.63, 3.8) is 0 Å². The van der Waals surface area contributed by atoms with Crippen LogP contribution in [0.4, 0.5) is 0 Å². The second-order valence-electron chi connectivity index (χ2n) is 4.94. The van der Waals surface area contributed by atoms with Crippen molar-refractivity contribution in [1.29, 1.82) is 0 Å². The first kappa shape index (κ1) is 8.55. The molecule has 2 fully saturated rings. The largest absolute Gasteiger partial charge is 0.311 e. The van der Waals surface area contributed by atoms with E-state index in [1.54, 1.807) is 0 Å². The zero-order chi connectivity index (χ0) is 8.55. The predicted octanol–water partition coefficient (Wildman–Crippen LogP) is 2.56. The van der Waals surface area contributed by atoms with Crippen molar-refractivity contribution in [3.05, 3.63) is 0 Å². The molecule has 2 rings (SSSR count). The molecule has 0 aromatic heterocycles. The molecule has 12 heavy (non-hydrogen) atoms. The summed E-state index contributed by atoms with van der Waals surface area (Å²) in [6.07, 6.45) is 7.16. The zero-order valence-electron chi connectivity index (χ0n) is 8.34. The Labute approximate surface area is 75.9 Å². The van der Waals surface area contributed by atoms with Gasteiger partial charge >= 0.3 is 0 Å². The number of hydrogen-bond acceptors (Lipinski definition) is 1. The molecule has 2 saturated carbocycles. The Bertz CT molecular complexity index is 149. The molecule has 1 heteroatoms. The molecule has 0 aliphatic heterocycles. The van der Waals surface area contributed by atoms with Gasteiger partial charge in [0.2, 0.25) is 0 Å². The van der Waals surface area contributed by atoms with Crippen LogP contribution in [0.25, 0.3) is 0 Å². The van der Waals surface area contributed by atoms with Crippen molar-refractivity contribution in [2.45, 2.75) is 58.0 Å². The zero-order valence-corrected chi connectivity index (χ0v) is 8.34. The molecular formula is C11H21N. The van der Waals surface area contributed by atoms with Crippen LogP contribution >= 0.6 is 0 Å². The van der Waals surface area contributed by atoms with Crippen LogP contribution < -0.4 is 5.32 Å². The Morgan fingerprint density at radius 1 is 1.00 bits per heavy atom. The topological polar surface area (TPSA) is 12.0 Å². The molecule has 0 bridgehead atoms. The minimum Gasteiger partial charge on any atom is -0.311 e. The Hall–Kier alpha value is -0.0400. The second-order valence-corrected chi connectivity index (χ2v) is 4.94. The predicted molar refractivity (Wildman–Crippen MR) is 52.1 cm³/mol. The molecule has 2 aliphatic rings. The fourth-order valence-corrected chi connectivity index (χ4v) is 2.32. The minimum absolute atomic E-state index is 0.834. The second kappa shape index (κ2) is 3.37. The highest BCUT2D eigenvalue weighted by atomic mass is 15.0. The van der Waals surface area contributed by atoms with Crippen LogP contribution in [-0.2, 0) is 0 Å². The number of hydrogen-bond donors (Lipinski definition) is 1. The van der Waals surface area contributed by atoms with Gasteiger partial charge in [0.15, 0.2) is 0 Å². The average Bonchev–Trinajstić information content (AvgIpc) is 2.81. The molecule has 3 atom stereocenters. The van der Waals surface area contributed by atoms with Crippen molar-refractivity contribution in [3.8, 4) is 0 Å². The van der Waals surface area contributed by atoms with Gasteiger partial charge in [0.1, 0.15) is 0 Å². The average molecular weight is 167 g/mol. The van der Waals surface area contributed by atoms with Crippen molar-refractivity contribution in [1.82, 2.24) is 5.32 Å². The summed E-state index contributed by atoms with van der Waals surface area (Å²) in [5, 5.41) is 3.77. The molecule has 3 unspecified atom stereocenters. The van der Waals surface area contributed by atoms with E-state index in [-0.39, 0.29) is 0 Å². The molecule has 0 heterocycles. The summed E-state index contributed by atoms with van der Waals surface area (Å²) in [4.78, 5) is 0. The highest BCUT2D eigenvalue weighted by Crippen LogP contribution is 2.31. The highest BCUT2D eigenvalue weighted by Gasteiger charge is 2.30. The third-order valence-electron chi connectivity index (χ3n) is 3.49. The lowest BCUT2D eigenvalue weighted by atomic mass is 9.80. The summed E-state index contributed by atoms with van der Waals surface area (Å²) < 4.78 is 0. The van der Waals surface area contributed by atoms with Gasteiger partial charge in [-0.25, -0.2) is 0 Å². The molecule has 2 aliphatic carbocycles. The SMILES string of the molecule is CC1CCC(C)C(NC2CC2)C1. The fraction of sp³-hybridized carbons (Fsp3) is 1.00. The van der Waals surface area contributed by atoms with Crippen molar-refractivity contribution < 1.29 is 0 Å². The molecule has 0 spiro atoms. The lowest BCUT2D eigenvalue weighted by Crippen LogP contribution is -2.40. The van der Waals surface area contributed by atoms with Gasteiger partial charge in [-0.2, -0.15) is 0 Å². The van der Waals surface area contributed by atoms with Crippen LogP contribution in [-0.4, -0.2) is 12.1 Å². The summed E-state index contributed by atoms with van der Waals surface area (Å²) in [6.45, 7) is 4.80. The molecular weight excluding hydrogens is 146 g/mol. The van der Waals surface area contributed by atoms with Gasteiger partial charge in [-0.3, -0.25) is 0 Å². The molecule has 0 saturated heterocycles. The number of rotatable bonds is 2. The lowest BCUT2D eigenvalue weighted by molar-refractivity contribution is 0.227. The minimum atomic E-state index is 0.834. The molecule has 0 radical (unpaired) electrons. The van der Waals surface area contributed by atoms with E-state index >= 15 is 0 Å². The monoisotopic (exact) mass is 167 g/mol. The third-order valence-corrected chi connectivity index (χ3v) is 3.49. The van der Waals surface area contributed by atoms with E-state index in [0.717, 1.165) is 23.9 Å². The van der Waals surface area contributed by atoms with E-state index in [1.807, 2.05) is 0 Å². The first-order chi connectivity index (χ1) is 5.75. The first-order valence-corrected chi connectivity index (χ1v) is 5.51. The molecule has 1 N–H and O–H groups in total. The van der Waals surface area contributed by atoms with Gasteiger partial charge < -0.3 is 5.32 Å². The maximum atomic E-state index is 3.77. The van der Waals surface area contributed by atoms with Gasteiger partial charge in [-0.1, -0.05) is 20.3 Å². The van der Waals surface area contributed by atoms with Gasteiger partial charge in [-0.05, 0) is 37.5 Å². The Balaban J connectivity index is 1.82. The quantitative estimate of drug-likeness (QED) is 0.666. The normalized spacial score (nSPS) is 43.0. The summed E-state index contributed by atoms with van der Waals surface area (Å²) in [5.41, 5.74) is 0. The van der Waals surface area contributed by atoms with Crippen LogP contribution in [0.5, 0.6) is 0 Å². The van der Waals surface area contributed by atoms with Gasteiger partial charge in [0, 0.05) is 12.1 Å². The number of nitrogens with one attached hydrogen (secondary N) is 1. The van der Waals surface area contributed by atoms with E-state index in [2.05, 4.69) is 19.2 Å². The summed E-state index contributed by atoms with van der Waals surface area (Å²) in [6, 6.07) is 1.73. The van der Waals surface area contributed by atoms with Crippen molar-refractivity contribution >= 4 is 0 Å². The van der Waals surface area contributed by atoms with Crippen LogP contribution in [0.3, 0.4) is 0 Å². The van der Waals surface area contributed by atoms with Crippen molar-refractivity contribution in [2.24, 2.45) is 11.8 Å². The molecule has 70 valence electrons. The Kier molecular flexibility index (Phi) is 2.40. The van der Waals surface area contributed by atoms with Gasteiger partial charge in [0.05, 0.1) is 0 Å². The fourth-order valence-electron chi connectivity index (χ4n) is 2.32. The molecule has 0 amide bonds. The summed E-state index contributed by atoms with van der Waals surface area (Å²) in [5.74, 6) is 1.87. The standard InChI is InChI=1S/C11H21N/c1-8-3-4-9(2)11(7-8)12-10-5-6-10/h8-12H,3-7H2,1-2H3. The first-order valence-electron chi connectivity index (χ1n) is 5.51. The van der Waals surface area contributed by atoms with Crippen LogP contribution in [0.2, 0.25) is 0 Å². The maximum Gasteiger partial charge on any atom is 0.00978 e. The van der Waals surface area contributed by atoms with E-state index in [0.29, 0.717) is 0 Å². The third kappa shape index (κ3) is 2.01. The smallest absolute Gasteiger partial charge is 0.00978 e. The van der Waals surface area contributed by atoms with Crippen molar-refractivity contribution in [2.75, 3.05) is 0 Å². The summed E-state index contributed by atoms with van der Waals surface area (Å²) in [7, 11) is 0. The van der Waals surface area contributed by atoms with Gasteiger partial charge in [-0.15, -0.1) is 0 Å². The van der Waals surface area contributed by atoms with E-state index < -0.39 is 0 Å². The highest BCUT2D eigenvalue weighted by molar-refractivity contribution is 4.89. The Morgan fingerprint density at radius 2 is 1.75 bits per heavy atom. The molecule has 1 nitrogen and oxygen atoms in total. The molecule has 0 aromatic rings. The van der Waals surface area contributed by atoms with Crippen LogP contribution in [0, 0.1) is 11.8 Å². The van der Waals surface area contributed by atoms with Gasteiger partial charge in [0.25, 0.3) is 0 Å². The van der Waals surface area contributed by atoms with E-state index in [1.165, 1.54) is 32.1 Å². The van der Waals surface area contributed by atoms with E-state index in [9.17, 15) is 0 Å². The Morgan fingerprint density at radius 3 is 2.42 bits per heavy atom. The maximum absolute atomic E-state index is 3.77. The van der Waals surface area contributed by atoms with Crippen LogP contribution in [0.1, 0.15) is 46.0 Å². The molecule has 0 aromatic carbocycles. The lowest BCUT2D eigenvalue weighted by Gasteiger charge is -2.33. The summed E-state index contributed by atoms with van der Waals surface area (Å²) >= 11 is 0.